The molecule has 16 heteroatoms. The number of hydrogen-bond acceptors (Lipinski definition) is 11. The number of aliphatic hydroxyl groups is 1. The van der Waals surface area contributed by atoms with Gasteiger partial charge in [-0.25, -0.2) is 13.9 Å². The van der Waals surface area contributed by atoms with Gasteiger partial charge in [0.1, 0.15) is 24.0 Å². The van der Waals surface area contributed by atoms with Gasteiger partial charge >= 0.3 is 13.7 Å². The number of nitrogens with one attached hydrogen (secondary N) is 2. The smallest absolute Gasteiger partial charge is 0.459 e. The summed E-state index contributed by atoms with van der Waals surface area (Å²) in [6.45, 7) is 5.22. The van der Waals surface area contributed by atoms with Crippen LogP contribution in [0, 0.1) is 0 Å². The second kappa shape index (κ2) is 11.0. The normalized spacial score (nSPS) is 25.5. The summed E-state index contributed by atoms with van der Waals surface area (Å²) >= 11 is 0. The zero-order valence-electron chi connectivity index (χ0n) is 21.6. The number of alkyl halides is 1. The van der Waals surface area contributed by atoms with Gasteiger partial charge in [0.25, 0.3) is 5.56 Å². The molecule has 1 saturated heterocycles. The molecule has 1 aliphatic heterocycles. The van der Waals surface area contributed by atoms with Crippen LogP contribution in [0.5, 0.6) is 5.75 Å². The number of carbonyl (C=O) groups is 1. The molecule has 5 N–H and O–H groups in total. The Morgan fingerprint density at radius 3 is 2.72 bits per heavy atom. The van der Waals surface area contributed by atoms with E-state index in [9.17, 15) is 19.3 Å². The van der Waals surface area contributed by atoms with Gasteiger partial charge in [-0.1, -0.05) is 18.2 Å². The van der Waals surface area contributed by atoms with Crippen molar-refractivity contribution in [2.75, 3.05) is 12.3 Å². The molecule has 4 rings (SSSR count). The molecule has 0 radical (unpaired) electrons. The first-order chi connectivity index (χ1) is 18.3. The van der Waals surface area contributed by atoms with E-state index in [4.69, 9.17) is 24.3 Å². The Morgan fingerprint density at radius 1 is 1.36 bits per heavy atom. The van der Waals surface area contributed by atoms with Crippen molar-refractivity contribution in [2.45, 2.75) is 63.9 Å². The number of halogens is 1. The number of nitrogens with zero attached hydrogens (tertiary/aromatic N) is 3. The lowest BCUT2D eigenvalue weighted by Crippen LogP contribution is -2.41. The number of ether oxygens (including phenoxy) is 2. The van der Waals surface area contributed by atoms with Crippen LogP contribution in [0.3, 0.4) is 0 Å². The molecule has 0 spiro atoms. The zero-order chi connectivity index (χ0) is 28.5. The van der Waals surface area contributed by atoms with Gasteiger partial charge in [0, 0.05) is 0 Å². The fourth-order valence-electron chi connectivity index (χ4n) is 3.97. The van der Waals surface area contributed by atoms with Crippen molar-refractivity contribution in [3.8, 4) is 5.75 Å². The van der Waals surface area contributed by atoms with Crippen molar-refractivity contribution in [3.63, 3.8) is 0 Å². The number of anilines is 1. The fourth-order valence-corrected chi connectivity index (χ4v) is 5.47. The number of para-hydroxylation sites is 1. The highest BCUT2D eigenvalue weighted by atomic mass is 31.2. The molecular weight excluding hydrogens is 538 g/mol. The second-order valence-electron chi connectivity index (χ2n) is 9.43. The number of carbonyl (C=O) groups excluding carboxylic acids is 1. The van der Waals surface area contributed by atoms with E-state index in [2.05, 4.69) is 20.0 Å². The van der Waals surface area contributed by atoms with Gasteiger partial charge in [-0.05, 0) is 39.8 Å². The summed E-state index contributed by atoms with van der Waals surface area (Å²) in [4.78, 5) is 34.7. The molecule has 212 valence electrons. The molecule has 2 unspecified atom stereocenters. The monoisotopic (exact) mass is 568 g/mol. The van der Waals surface area contributed by atoms with Gasteiger partial charge in [0.15, 0.2) is 23.1 Å². The van der Waals surface area contributed by atoms with E-state index in [1.54, 1.807) is 32.0 Å². The van der Waals surface area contributed by atoms with Crippen LogP contribution in [0.1, 0.15) is 33.9 Å². The molecule has 14 nitrogen and oxygen atoms in total. The van der Waals surface area contributed by atoms with Gasteiger partial charge in [0.2, 0.25) is 5.95 Å². The minimum atomic E-state index is -4.31. The molecule has 1 aliphatic rings. The molecule has 0 bridgehead atoms. The number of esters is 1. The number of hydrogen-bond donors (Lipinski definition) is 4. The van der Waals surface area contributed by atoms with Crippen molar-refractivity contribution in [3.05, 3.63) is 47.0 Å². The predicted molar refractivity (Wildman–Crippen MR) is 136 cm³/mol. The molecule has 0 saturated carbocycles. The fraction of sp³-hybridized carbons (Fsp3) is 0.478. The maximum Gasteiger partial charge on any atom is 0.459 e. The van der Waals surface area contributed by atoms with Crippen LogP contribution < -0.4 is 20.9 Å². The number of benzene rings is 1. The molecule has 3 heterocycles. The summed E-state index contributed by atoms with van der Waals surface area (Å²) in [6, 6.07) is 6.93. The second-order valence-corrected chi connectivity index (χ2v) is 11.1. The molecule has 3 aromatic rings. The lowest BCUT2D eigenvalue weighted by atomic mass is 9.98. The topological polar surface area (TPSA) is 193 Å². The Morgan fingerprint density at radius 2 is 2.05 bits per heavy atom. The van der Waals surface area contributed by atoms with E-state index in [0.717, 1.165) is 17.8 Å². The summed E-state index contributed by atoms with van der Waals surface area (Å²) in [5, 5.41) is 13.3. The van der Waals surface area contributed by atoms with Gasteiger partial charge in [0.05, 0.1) is 19.0 Å². The molecule has 0 aliphatic carbocycles. The van der Waals surface area contributed by atoms with E-state index < -0.39 is 62.1 Å². The van der Waals surface area contributed by atoms with E-state index in [1.165, 1.54) is 19.1 Å². The summed E-state index contributed by atoms with van der Waals surface area (Å²) in [5.74, 6) is -0.756. The van der Waals surface area contributed by atoms with Crippen LogP contribution in [0.25, 0.3) is 11.2 Å². The van der Waals surface area contributed by atoms with Gasteiger partial charge in [-0.2, -0.15) is 10.1 Å². The summed E-state index contributed by atoms with van der Waals surface area (Å²) in [7, 11) is -4.31. The lowest BCUT2D eigenvalue weighted by Gasteiger charge is -2.25. The number of aliphatic hydroxyl groups excluding tert-OH is 1. The SMILES string of the molecule is CC(C)OC(=O)C(C)N[P@@](=O)(OC[C@H]1OC(n2cnc3c(=O)[nH]c(N)nc32)[C@](C)(F)[C@@H]1O)Oc1ccccc1. The largest absolute Gasteiger partial charge is 0.462 e. The van der Waals surface area contributed by atoms with Crippen LogP contribution in [0.2, 0.25) is 0 Å². The molecule has 6 atom stereocenters. The van der Waals surface area contributed by atoms with Crippen LogP contribution >= 0.6 is 7.75 Å². The van der Waals surface area contributed by atoms with Crippen molar-refractivity contribution in [1.82, 2.24) is 24.6 Å². The first-order valence-electron chi connectivity index (χ1n) is 12.0. The van der Waals surface area contributed by atoms with Crippen molar-refractivity contribution in [2.24, 2.45) is 0 Å². The average Bonchev–Trinajstić information content (AvgIpc) is 3.36. The van der Waals surface area contributed by atoms with E-state index in [-0.39, 0.29) is 22.9 Å². The quantitative estimate of drug-likeness (QED) is 0.205. The molecule has 2 aromatic heterocycles. The third kappa shape index (κ3) is 6.12. The molecule has 1 aromatic carbocycles. The highest BCUT2D eigenvalue weighted by Crippen LogP contribution is 2.48. The van der Waals surface area contributed by atoms with Crippen LogP contribution in [0.4, 0.5) is 10.3 Å². The molecule has 0 amide bonds. The average molecular weight is 568 g/mol. The van der Waals surface area contributed by atoms with Gasteiger partial charge < -0.3 is 24.8 Å². The number of imidazole rings is 1. The Bertz CT molecular complexity index is 1430. The van der Waals surface area contributed by atoms with Gasteiger partial charge in [-0.3, -0.25) is 23.7 Å². The highest BCUT2D eigenvalue weighted by molar-refractivity contribution is 7.52. The summed E-state index contributed by atoms with van der Waals surface area (Å²) < 4.78 is 52.6. The number of fused-ring (bicyclic) bond motifs is 1. The first kappa shape index (κ1) is 28.6. The number of rotatable bonds is 10. The number of H-pyrrole nitrogens is 1. The van der Waals surface area contributed by atoms with Crippen LogP contribution in [0.15, 0.2) is 41.5 Å². The maximum atomic E-state index is 15.8. The highest BCUT2D eigenvalue weighted by Gasteiger charge is 2.56. The predicted octanol–water partition coefficient (Wildman–Crippen LogP) is 1.82. The van der Waals surface area contributed by atoms with E-state index in [1.807, 2.05) is 0 Å². The minimum Gasteiger partial charge on any atom is -0.462 e. The standard InChI is InChI=1S/C23H30FN6O8P/c1-12(2)36-20(33)13(3)29-39(34,38-14-8-6-5-7-9-14)35-10-15-17(31)23(4,24)21(37-15)30-11-26-16-18(30)27-22(25)28-19(16)32/h5-9,11-13,15,17,21,31H,10H2,1-4H3,(H,29,34)(H3,25,27,28,32)/t13?,15-,17-,21?,23-,39-/m1/s1. The minimum absolute atomic E-state index is 0.0591. The molecular formula is C23H30FN6O8P. The van der Waals surface area contributed by atoms with Crippen molar-refractivity contribution in [1.29, 1.82) is 0 Å². The molecule has 1 fully saturated rings. The summed E-state index contributed by atoms with van der Waals surface area (Å²) in [6.07, 6.45) is -3.90. The Hall–Kier alpha value is -3.36. The number of nitrogens with two attached hydrogens (primary N) is 1. The Labute approximate surface area is 222 Å². The van der Waals surface area contributed by atoms with Gasteiger partial charge in [-0.15, -0.1) is 0 Å². The Kier molecular flexibility index (Phi) is 8.09. The third-order valence-corrected chi connectivity index (χ3v) is 7.50. The van der Waals surface area contributed by atoms with Crippen molar-refractivity contribution >= 4 is 30.8 Å². The number of nitrogen functional groups attached to an aromatic ring is 1. The van der Waals surface area contributed by atoms with Crippen molar-refractivity contribution < 1.29 is 37.4 Å². The van der Waals surface area contributed by atoms with Crippen LogP contribution in [-0.2, 0) is 23.4 Å². The number of aromatic nitrogens is 4. The first-order valence-corrected chi connectivity index (χ1v) is 13.6. The summed E-state index contributed by atoms with van der Waals surface area (Å²) in [5.41, 5.74) is 2.40. The molecule has 39 heavy (non-hydrogen) atoms. The Balaban J connectivity index is 1.56. The third-order valence-electron chi connectivity index (χ3n) is 5.86. The van der Waals surface area contributed by atoms with E-state index in [0.29, 0.717) is 0 Å². The lowest BCUT2D eigenvalue weighted by molar-refractivity contribution is -0.149. The maximum absolute atomic E-state index is 15.8. The zero-order valence-corrected chi connectivity index (χ0v) is 22.5. The van der Waals surface area contributed by atoms with Crippen LogP contribution in [-0.4, -0.2) is 67.2 Å². The van der Waals surface area contributed by atoms with E-state index >= 15 is 4.39 Å². The number of aromatic amines is 1.